The molecule has 3 aromatic rings. The Morgan fingerprint density at radius 3 is 2.59 bits per heavy atom. The van der Waals surface area contributed by atoms with Crippen LogP contribution in [-0.2, 0) is 17.8 Å². The van der Waals surface area contributed by atoms with Gasteiger partial charge in [0, 0.05) is 12.6 Å². The number of hydrogen-bond acceptors (Lipinski definition) is 6. The number of ether oxygens (including phenoxy) is 2. The summed E-state index contributed by atoms with van der Waals surface area (Å²) in [4.78, 5) is 16.1. The van der Waals surface area contributed by atoms with Gasteiger partial charge >= 0.3 is 5.97 Å². The first kappa shape index (κ1) is 20.1. The standard InChI is InChI=1S/C23H22N2O4/c1-2-28-23(26)19-11-12-24-21(15-19)22(25-27)14-18-9-6-10-20(13-18)29-16-17-7-4-3-5-8-17/h3-13,15,27H,2,14,16H2,1H3/b25-22+. The van der Waals surface area contributed by atoms with E-state index < -0.39 is 5.97 Å². The lowest BCUT2D eigenvalue weighted by Crippen LogP contribution is -2.11. The van der Waals surface area contributed by atoms with Crippen LogP contribution >= 0.6 is 0 Å². The molecule has 0 aliphatic heterocycles. The van der Waals surface area contributed by atoms with Crippen LogP contribution in [0, 0.1) is 0 Å². The Morgan fingerprint density at radius 1 is 1.03 bits per heavy atom. The number of hydrogen-bond donors (Lipinski definition) is 1. The van der Waals surface area contributed by atoms with Gasteiger partial charge in [-0.25, -0.2) is 4.79 Å². The molecule has 29 heavy (non-hydrogen) atoms. The van der Waals surface area contributed by atoms with Gasteiger partial charge in [0.05, 0.1) is 17.9 Å². The van der Waals surface area contributed by atoms with Crippen LogP contribution in [-0.4, -0.2) is 28.5 Å². The molecule has 1 aromatic heterocycles. The number of carbonyl (C=O) groups is 1. The molecule has 0 radical (unpaired) electrons. The van der Waals surface area contributed by atoms with Crippen molar-refractivity contribution < 1.29 is 19.5 Å². The molecule has 0 aliphatic rings. The molecule has 2 aromatic carbocycles. The molecule has 0 atom stereocenters. The molecule has 0 spiro atoms. The van der Waals surface area contributed by atoms with E-state index in [4.69, 9.17) is 9.47 Å². The fourth-order valence-electron chi connectivity index (χ4n) is 2.79. The van der Waals surface area contributed by atoms with Crippen molar-refractivity contribution in [2.24, 2.45) is 5.16 Å². The number of pyridine rings is 1. The van der Waals surface area contributed by atoms with Gasteiger partial charge in [-0.1, -0.05) is 47.6 Å². The molecule has 0 aliphatic carbocycles. The molecule has 0 unspecified atom stereocenters. The molecule has 0 bridgehead atoms. The van der Waals surface area contributed by atoms with Crippen molar-refractivity contribution in [3.63, 3.8) is 0 Å². The third-order valence-electron chi connectivity index (χ3n) is 4.21. The average Bonchev–Trinajstić information content (AvgIpc) is 2.77. The highest BCUT2D eigenvalue weighted by atomic mass is 16.5. The van der Waals surface area contributed by atoms with Crippen molar-refractivity contribution in [1.29, 1.82) is 0 Å². The quantitative estimate of drug-likeness (QED) is 0.269. The van der Waals surface area contributed by atoms with Crippen LogP contribution in [0.4, 0.5) is 0 Å². The zero-order valence-corrected chi connectivity index (χ0v) is 16.1. The molecule has 148 valence electrons. The number of rotatable bonds is 8. The lowest BCUT2D eigenvalue weighted by atomic mass is 10.0. The van der Waals surface area contributed by atoms with Crippen LogP contribution in [0.15, 0.2) is 78.1 Å². The molecule has 0 fully saturated rings. The van der Waals surface area contributed by atoms with Crippen LogP contribution in [0.5, 0.6) is 5.75 Å². The summed E-state index contributed by atoms with van der Waals surface area (Å²) < 4.78 is 10.9. The first-order valence-corrected chi connectivity index (χ1v) is 9.29. The number of aromatic nitrogens is 1. The highest BCUT2D eigenvalue weighted by Crippen LogP contribution is 2.17. The Hall–Kier alpha value is -3.67. The Morgan fingerprint density at radius 2 is 1.83 bits per heavy atom. The molecule has 1 heterocycles. The first-order chi connectivity index (χ1) is 14.2. The van der Waals surface area contributed by atoms with E-state index in [9.17, 15) is 10.0 Å². The minimum absolute atomic E-state index is 0.285. The molecule has 6 nitrogen and oxygen atoms in total. The predicted octanol–water partition coefficient (Wildman–Crippen LogP) is 4.26. The number of carbonyl (C=O) groups excluding carboxylic acids is 1. The van der Waals surface area contributed by atoms with Crippen molar-refractivity contribution in [2.45, 2.75) is 20.0 Å². The number of esters is 1. The number of benzene rings is 2. The first-order valence-electron chi connectivity index (χ1n) is 9.29. The van der Waals surface area contributed by atoms with Crippen LogP contribution in [0.3, 0.4) is 0 Å². The highest BCUT2D eigenvalue weighted by Gasteiger charge is 2.13. The monoisotopic (exact) mass is 390 g/mol. The second-order valence-electron chi connectivity index (χ2n) is 6.30. The van der Waals surface area contributed by atoms with Gasteiger partial charge in [-0.15, -0.1) is 0 Å². The third kappa shape index (κ3) is 5.65. The van der Waals surface area contributed by atoms with Crippen LogP contribution in [0.25, 0.3) is 0 Å². The summed E-state index contributed by atoms with van der Waals surface area (Å²) >= 11 is 0. The van der Waals surface area contributed by atoms with E-state index in [1.54, 1.807) is 19.1 Å². The van der Waals surface area contributed by atoms with E-state index in [1.807, 2.05) is 54.6 Å². The predicted molar refractivity (Wildman–Crippen MR) is 109 cm³/mol. The summed E-state index contributed by atoms with van der Waals surface area (Å²) in [6, 6.07) is 20.6. The normalized spacial score (nSPS) is 11.1. The molecule has 0 saturated carbocycles. The van der Waals surface area contributed by atoms with Crippen LogP contribution in [0.2, 0.25) is 0 Å². The summed E-state index contributed by atoms with van der Waals surface area (Å²) in [7, 11) is 0. The molecule has 6 heteroatoms. The van der Waals surface area contributed by atoms with Crippen LogP contribution < -0.4 is 4.74 Å². The van der Waals surface area contributed by atoms with E-state index in [1.165, 1.54) is 6.20 Å². The van der Waals surface area contributed by atoms with Gasteiger partial charge in [-0.2, -0.15) is 0 Å². The van der Waals surface area contributed by atoms with Crippen molar-refractivity contribution in [3.8, 4) is 5.75 Å². The second-order valence-corrected chi connectivity index (χ2v) is 6.30. The van der Waals surface area contributed by atoms with E-state index in [-0.39, 0.29) is 6.61 Å². The summed E-state index contributed by atoms with van der Waals surface area (Å²) in [5, 5.41) is 12.9. The minimum Gasteiger partial charge on any atom is -0.489 e. The maximum atomic E-state index is 11.9. The smallest absolute Gasteiger partial charge is 0.338 e. The van der Waals surface area contributed by atoms with Gasteiger partial charge < -0.3 is 14.7 Å². The van der Waals surface area contributed by atoms with Gasteiger partial charge in [-0.3, -0.25) is 4.98 Å². The van der Waals surface area contributed by atoms with Gasteiger partial charge in [-0.05, 0) is 42.3 Å². The zero-order chi connectivity index (χ0) is 20.5. The highest BCUT2D eigenvalue weighted by molar-refractivity contribution is 6.01. The fraction of sp³-hybridized carbons (Fsp3) is 0.174. The molecular weight excluding hydrogens is 368 g/mol. The van der Waals surface area contributed by atoms with Gasteiger partial charge in [0.15, 0.2) is 0 Å². The largest absolute Gasteiger partial charge is 0.489 e. The molecule has 0 amide bonds. The van der Waals surface area contributed by atoms with Gasteiger partial charge in [0.25, 0.3) is 0 Å². The summed E-state index contributed by atoms with van der Waals surface area (Å²) in [5.41, 5.74) is 3.09. The van der Waals surface area contributed by atoms with E-state index in [2.05, 4.69) is 10.1 Å². The van der Waals surface area contributed by atoms with Crippen molar-refractivity contribution in [2.75, 3.05) is 6.61 Å². The van der Waals surface area contributed by atoms with Gasteiger partial charge in [0.1, 0.15) is 18.1 Å². The summed E-state index contributed by atoms with van der Waals surface area (Å²) in [5.74, 6) is 0.279. The fourth-order valence-corrected chi connectivity index (χ4v) is 2.79. The molecule has 3 rings (SSSR count). The maximum absolute atomic E-state index is 11.9. The molecule has 0 saturated heterocycles. The molecule has 1 N–H and O–H groups in total. The maximum Gasteiger partial charge on any atom is 0.338 e. The second kappa shape index (κ2) is 10.0. The zero-order valence-electron chi connectivity index (χ0n) is 16.1. The number of nitrogens with zero attached hydrogens (tertiary/aromatic N) is 2. The SMILES string of the molecule is CCOC(=O)c1ccnc(/C(Cc2cccc(OCc3ccccc3)c2)=N/O)c1. The van der Waals surface area contributed by atoms with E-state index in [0.717, 1.165) is 16.9 Å². The minimum atomic E-state index is -0.440. The Bertz CT molecular complexity index is 987. The summed E-state index contributed by atoms with van der Waals surface area (Å²) in [6.45, 7) is 2.50. The molecular formula is C23H22N2O4. The lowest BCUT2D eigenvalue weighted by molar-refractivity contribution is 0.0526. The van der Waals surface area contributed by atoms with Crippen molar-refractivity contribution in [1.82, 2.24) is 4.98 Å². The topological polar surface area (TPSA) is 81.0 Å². The van der Waals surface area contributed by atoms with Crippen LogP contribution in [0.1, 0.15) is 34.1 Å². The van der Waals surface area contributed by atoms with E-state index in [0.29, 0.717) is 30.0 Å². The summed E-state index contributed by atoms with van der Waals surface area (Å²) in [6.07, 6.45) is 1.82. The Kier molecular flexibility index (Phi) is 6.95. The van der Waals surface area contributed by atoms with Crippen molar-refractivity contribution >= 4 is 11.7 Å². The van der Waals surface area contributed by atoms with E-state index >= 15 is 0 Å². The number of oxime groups is 1. The lowest BCUT2D eigenvalue weighted by Gasteiger charge is -2.09. The average molecular weight is 390 g/mol. The van der Waals surface area contributed by atoms with Crippen molar-refractivity contribution in [3.05, 3.63) is 95.3 Å². The van der Waals surface area contributed by atoms with Gasteiger partial charge in [0.2, 0.25) is 0 Å². The Balaban J connectivity index is 1.71. The Labute approximate surface area is 169 Å². The third-order valence-corrected chi connectivity index (χ3v) is 4.21.